The van der Waals surface area contributed by atoms with E-state index >= 15 is 0 Å². The van der Waals surface area contributed by atoms with Gasteiger partial charge in [-0.2, -0.15) is 0 Å². The van der Waals surface area contributed by atoms with E-state index in [4.69, 9.17) is 5.73 Å². The summed E-state index contributed by atoms with van der Waals surface area (Å²) in [5.41, 5.74) is 7.29. The second kappa shape index (κ2) is 4.12. The van der Waals surface area contributed by atoms with Crippen LogP contribution < -0.4 is 5.73 Å². The molecule has 1 saturated carbocycles. The quantitative estimate of drug-likeness (QED) is 0.634. The molecule has 1 heterocycles. The fourth-order valence-electron chi connectivity index (χ4n) is 3.01. The lowest BCUT2D eigenvalue weighted by Crippen LogP contribution is -2.45. The van der Waals surface area contributed by atoms with Crippen LogP contribution in [0.15, 0.2) is 24.3 Å². The summed E-state index contributed by atoms with van der Waals surface area (Å²) in [7, 11) is 0. The summed E-state index contributed by atoms with van der Waals surface area (Å²) in [6, 6.07) is 7.36. The number of piperidine rings is 1. The van der Waals surface area contributed by atoms with Gasteiger partial charge in [-0.05, 0) is 37.0 Å². The maximum Gasteiger partial charge on any atom is 0.232 e. The van der Waals surface area contributed by atoms with Gasteiger partial charge in [0.1, 0.15) is 0 Å². The Hall–Kier alpha value is -1.84. The SMILES string of the molecule is Nc1cccc(CN2C(=O)C3CCC(C3)C2=O)c1. The zero-order chi connectivity index (χ0) is 12.7. The number of imide groups is 1. The molecule has 0 spiro atoms. The minimum atomic E-state index is -0.00354. The summed E-state index contributed by atoms with van der Waals surface area (Å²) in [6.07, 6.45) is 2.48. The standard InChI is InChI=1S/C14H16N2O2/c15-12-3-1-2-9(6-12)8-16-13(17)10-4-5-11(7-10)14(16)18/h1-3,6,10-11H,4-5,7-8,15H2. The number of nitrogen functional groups attached to an aromatic ring is 1. The van der Waals surface area contributed by atoms with Gasteiger partial charge in [0.25, 0.3) is 0 Å². The molecule has 0 radical (unpaired) electrons. The molecule has 2 bridgehead atoms. The van der Waals surface area contributed by atoms with Gasteiger partial charge < -0.3 is 5.73 Å². The fraction of sp³-hybridized carbons (Fsp3) is 0.429. The van der Waals surface area contributed by atoms with Crippen LogP contribution in [-0.2, 0) is 16.1 Å². The lowest BCUT2D eigenvalue weighted by atomic mass is 9.96. The van der Waals surface area contributed by atoms with E-state index in [-0.39, 0.29) is 23.7 Å². The van der Waals surface area contributed by atoms with Crippen molar-refractivity contribution < 1.29 is 9.59 Å². The summed E-state index contributed by atoms with van der Waals surface area (Å²) in [6.45, 7) is 0.357. The van der Waals surface area contributed by atoms with Gasteiger partial charge in [-0.3, -0.25) is 14.5 Å². The smallest absolute Gasteiger partial charge is 0.232 e. The number of nitrogens with two attached hydrogens (primary N) is 1. The van der Waals surface area contributed by atoms with Crippen LogP contribution in [0.25, 0.3) is 0 Å². The van der Waals surface area contributed by atoms with Crippen molar-refractivity contribution in [3.05, 3.63) is 29.8 Å². The zero-order valence-corrected chi connectivity index (χ0v) is 10.1. The van der Waals surface area contributed by atoms with Crippen LogP contribution in [0.3, 0.4) is 0 Å². The predicted octanol–water partition coefficient (Wildman–Crippen LogP) is 1.55. The lowest BCUT2D eigenvalue weighted by molar-refractivity contribution is -0.153. The van der Waals surface area contributed by atoms with E-state index in [0.717, 1.165) is 24.8 Å². The van der Waals surface area contributed by atoms with Crippen molar-refractivity contribution in [2.24, 2.45) is 11.8 Å². The molecule has 2 amide bonds. The maximum absolute atomic E-state index is 12.2. The molecule has 2 N–H and O–H groups in total. The molecule has 1 aromatic rings. The van der Waals surface area contributed by atoms with Gasteiger partial charge in [0.15, 0.2) is 0 Å². The van der Waals surface area contributed by atoms with Crippen molar-refractivity contribution in [3.63, 3.8) is 0 Å². The number of benzene rings is 1. The highest BCUT2D eigenvalue weighted by atomic mass is 16.2. The van der Waals surface area contributed by atoms with E-state index in [9.17, 15) is 9.59 Å². The number of nitrogens with zero attached hydrogens (tertiary/aromatic N) is 1. The summed E-state index contributed by atoms with van der Waals surface area (Å²) >= 11 is 0. The molecule has 4 heteroatoms. The number of hydrogen-bond acceptors (Lipinski definition) is 3. The molecule has 2 unspecified atom stereocenters. The summed E-state index contributed by atoms with van der Waals surface area (Å²) in [4.78, 5) is 25.7. The van der Waals surface area contributed by atoms with Crippen molar-refractivity contribution in [2.75, 3.05) is 5.73 Å². The van der Waals surface area contributed by atoms with Gasteiger partial charge in [0.05, 0.1) is 6.54 Å². The maximum atomic E-state index is 12.2. The molecule has 94 valence electrons. The molecule has 1 aliphatic heterocycles. The second-order valence-electron chi connectivity index (χ2n) is 5.21. The van der Waals surface area contributed by atoms with Crippen molar-refractivity contribution >= 4 is 17.5 Å². The number of carbonyl (C=O) groups is 2. The molecule has 4 nitrogen and oxygen atoms in total. The summed E-state index contributed by atoms with van der Waals surface area (Å²) < 4.78 is 0. The Labute approximate surface area is 106 Å². The molecule has 18 heavy (non-hydrogen) atoms. The number of hydrogen-bond donors (Lipinski definition) is 1. The molecule has 2 atom stereocenters. The van der Waals surface area contributed by atoms with E-state index in [1.54, 1.807) is 6.07 Å². The predicted molar refractivity (Wildman–Crippen MR) is 67.2 cm³/mol. The van der Waals surface area contributed by atoms with Gasteiger partial charge in [-0.15, -0.1) is 0 Å². The van der Waals surface area contributed by atoms with Crippen molar-refractivity contribution in [3.8, 4) is 0 Å². The first-order valence-electron chi connectivity index (χ1n) is 6.35. The minimum absolute atomic E-state index is 0.00354. The first kappa shape index (κ1) is 11.3. The number of carbonyl (C=O) groups excluding carboxylic acids is 2. The third-order valence-corrected chi connectivity index (χ3v) is 3.95. The van der Waals surface area contributed by atoms with Gasteiger partial charge in [-0.25, -0.2) is 0 Å². The average Bonchev–Trinajstić information content (AvgIpc) is 2.79. The molecule has 1 aliphatic carbocycles. The Morgan fingerprint density at radius 2 is 1.83 bits per heavy atom. The molecule has 1 saturated heterocycles. The Morgan fingerprint density at radius 3 is 2.44 bits per heavy atom. The summed E-state index contributed by atoms with van der Waals surface area (Å²) in [5, 5.41) is 0. The zero-order valence-electron chi connectivity index (χ0n) is 10.1. The van der Waals surface area contributed by atoms with Crippen LogP contribution in [0.1, 0.15) is 24.8 Å². The number of amides is 2. The van der Waals surface area contributed by atoms with Crippen molar-refractivity contribution in [1.29, 1.82) is 0 Å². The van der Waals surface area contributed by atoms with Crippen LogP contribution in [0, 0.1) is 11.8 Å². The lowest BCUT2D eigenvalue weighted by Gasteiger charge is -2.29. The van der Waals surface area contributed by atoms with Gasteiger partial charge in [0, 0.05) is 17.5 Å². The Kier molecular flexibility index (Phi) is 2.58. The Morgan fingerprint density at radius 1 is 1.17 bits per heavy atom. The molecule has 2 fully saturated rings. The molecular formula is C14H16N2O2. The molecule has 3 rings (SSSR count). The van der Waals surface area contributed by atoms with Crippen LogP contribution in [0.5, 0.6) is 0 Å². The molecule has 0 aromatic heterocycles. The Bertz CT molecular complexity index is 490. The monoisotopic (exact) mass is 244 g/mol. The van der Waals surface area contributed by atoms with E-state index in [1.165, 1.54) is 4.90 Å². The van der Waals surface area contributed by atoms with E-state index < -0.39 is 0 Å². The van der Waals surface area contributed by atoms with Gasteiger partial charge in [0.2, 0.25) is 11.8 Å². The van der Waals surface area contributed by atoms with Crippen molar-refractivity contribution in [2.45, 2.75) is 25.8 Å². The molecule has 1 aromatic carbocycles. The summed E-state index contributed by atoms with van der Waals surface area (Å²) in [5.74, 6) is 0.120. The normalized spacial score (nSPS) is 26.8. The largest absolute Gasteiger partial charge is 0.399 e. The van der Waals surface area contributed by atoms with E-state index in [1.807, 2.05) is 18.2 Å². The number of rotatable bonds is 2. The highest BCUT2D eigenvalue weighted by Crippen LogP contribution is 2.38. The number of fused-ring (bicyclic) bond motifs is 2. The van der Waals surface area contributed by atoms with Crippen LogP contribution in [0.4, 0.5) is 5.69 Å². The molecular weight excluding hydrogens is 228 g/mol. The van der Waals surface area contributed by atoms with E-state index in [0.29, 0.717) is 12.2 Å². The highest BCUT2D eigenvalue weighted by molar-refractivity contribution is 6.00. The average molecular weight is 244 g/mol. The first-order chi connectivity index (χ1) is 8.65. The van der Waals surface area contributed by atoms with E-state index in [2.05, 4.69) is 0 Å². The Balaban J connectivity index is 1.83. The number of likely N-dealkylation sites (tertiary alicyclic amines) is 1. The third kappa shape index (κ3) is 1.78. The first-order valence-corrected chi connectivity index (χ1v) is 6.35. The van der Waals surface area contributed by atoms with Crippen LogP contribution in [-0.4, -0.2) is 16.7 Å². The van der Waals surface area contributed by atoms with Crippen LogP contribution >= 0.6 is 0 Å². The molecule has 2 aliphatic rings. The second-order valence-corrected chi connectivity index (χ2v) is 5.21. The fourth-order valence-corrected chi connectivity index (χ4v) is 3.01. The number of anilines is 1. The van der Waals surface area contributed by atoms with Crippen LogP contribution in [0.2, 0.25) is 0 Å². The highest BCUT2D eigenvalue weighted by Gasteiger charge is 2.44. The van der Waals surface area contributed by atoms with Gasteiger partial charge in [-0.1, -0.05) is 12.1 Å². The minimum Gasteiger partial charge on any atom is -0.399 e. The van der Waals surface area contributed by atoms with Gasteiger partial charge >= 0.3 is 0 Å². The van der Waals surface area contributed by atoms with Crippen molar-refractivity contribution in [1.82, 2.24) is 4.90 Å². The topological polar surface area (TPSA) is 63.4 Å². The third-order valence-electron chi connectivity index (χ3n) is 3.95.